The van der Waals surface area contributed by atoms with Gasteiger partial charge in [-0.15, -0.1) is 0 Å². The topological polar surface area (TPSA) is 128 Å². The zero-order chi connectivity index (χ0) is 28.6. The van der Waals surface area contributed by atoms with Gasteiger partial charge in [-0.2, -0.15) is 0 Å². The number of ether oxygens (including phenoxy) is 1. The first-order valence-electron chi connectivity index (χ1n) is 14.0. The van der Waals surface area contributed by atoms with Crippen LogP contribution in [-0.2, 0) is 14.3 Å². The lowest BCUT2D eigenvalue weighted by atomic mass is 10.0. The number of unbranched alkanes of at least 4 members (excludes halogenated alkanes) is 7. The number of phenols is 1. The molecule has 216 valence electrons. The summed E-state index contributed by atoms with van der Waals surface area (Å²) in [7, 11) is 0. The molecule has 0 aliphatic heterocycles. The molecule has 3 amide bonds. The van der Waals surface area contributed by atoms with Crippen LogP contribution in [-0.4, -0.2) is 64.4 Å². The second kappa shape index (κ2) is 17.7. The molecule has 0 heterocycles. The van der Waals surface area contributed by atoms with Crippen molar-refractivity contribution < 1.29 is 29.3 Å². The number of carbonyl (C=O) groups is 3. The number of hydrogen-bond donors (Lipinski definition) is 4. The summed E-state index contributed by atoms with van der Waals surface area (Å²) in [6.07, 6.45) is 7.73. The lowest BCUT2D eigenvalue weighted by molar-refractivity contribution is -0.143. The van der Waals surface area contributed by atoms with E-state index in [1.807, 2.05) is 0 Å². The molecule has 2 unspecified atom stereocenters. The molecule has 1 aromatic carbocycles. The highest BCUT2D eigenvalue weighted by molar-refractivity contribution is 5.92. The summed E-state index contributed by atoms with van der Waals surface area (Å²) in [5.41, 5.74) is -0.504. The average molecular weight is 536 g/mol. The number of alkyl carbamates (subject to hydrolysis) is 1. The van der Waals surface area contributed by atoms with Crippen LogP contribution in [0.1, 0.15) is 104 Å². The zero-order valence-corrected chi connectivity index (χ0v) is 23.9. The van der Waals surface area contributed by atoms with Crippen LogP contribution >= 0.6 is 0 Å². The molecule has 9 heteroatoms. The summed E-state index contributed by atoms with van der Waals surface area (Å²) in [6, 6.07) is 3.99. The second-order valence-corrected chi connectivity index (χ2v) is 10.6. The van der Waals surface area contributed by atoms with Crippen LogP contribution in [0, 0.1) is 0 Å². The Morgan fingerprint density at radius 3 is 2.16 bits per heavy atom. The minimum Gasteiger partial charge on any atom is -0.508 e. The molecule has 38 heavy (non-hydrogen) atoms. The number of aliphatic hydroxyl groups excluding tert-OH is 1. The van der Waals surface area contributed by atoms with Crippen molar-refractivity contribution in [1.82, 2.24) is 15.5 Å². The lowest BCUT2D eigenvalue weighted by Crippen LogP contribution is -2.54. The zero-order valence-electron chi connectivity index (χ0n) is 23.9. The number of nitrogens with zero attached hydrogens (tertiary/aromatic N) is 1. The summed E-state index contributed by atoms with van der Waals surface area (Å²) < 4.78 is 5.27. The molecule has 0 aliphatic carbocycles. The Morgan fingerprint density at radius 1 is 0.947 bits per heavy atom. The van der Waals surface area contributed by atoms with Gasteiger partial charge in [-0.3, -0.25) is 9.59 Å². The Kier molecular flexibility index (Phi) is 15.4. The van der Waals surface area contributed by atoms with Crippen molar-refractivity contribution in [3.05, 3.63) is 29.8 Å². The molecule has 0 aliphatic rings. The number of rotatable bonds is 17. The highest BCUT2D eigenvalue weighted by Crippen LogP contribution is 2.30. The third-order valence-corrected chi connectivity index (χ3v) is 6.08. The molecule has 1 rings (SSSR count). The molecule has 0 saturated heterocycles. The van der Waals surface area contributed by atoms with Crippen molar-refractivity contribution in [2.24, 2.45) is 0 Å². The van der Waals surface area contributed by atoms with Gasteiger partial charge < -0.3 is 30.5 Å². The average Bonchev–Trinajstić information content (AvgIpc) is 2.85. The van der Waals surface area contributed by atoms with Crippen molar-refractivity contribution in [1.29, 1.82) is 0 Å². The first kappa shape index (κ1) is 33.2. The largest absolute Gasteiger partial charge is 0.508 e. The highest BCUT2D eigenvalue weighted by atomic mass is 16.6. The van der Waals surface area contributed by atoms with E-state index in [0.29, 0.717) is 13.0 Å². The van der Waals surface area contributed by atoms with E-state index in [1.165, 1.54) is 11.0 Å². The molecule has 0 radical (unpaired) electrons. The number of benzene rings is 1. The fourth-order valence-corrected chi connectivity index (χ4v) is 4.12. The molecule has 2 atom stereocenters. The Balaban J connectivity index is 3.29. The van der Waals surface area contributed by atoms with Crippen molar-refractivity contribution >= 4 is 17.9 Å². The summed E-state index contributed by atoms with van der Waals surface area (Å²) in [4.78, 5) is 41.1. The molecule has 1 aromatic rings. The van der Waals surface area contributed by atoms with E-state index in [9.17, 15) is 24.6 Å². The number of phenolic OH excluding ortho intramolecular Hbond substituents is 1. The monoisotopic (exact) mass is 535 g/mol. The molecule has 0 spiro atoms. The smallest absolute Gasteiger partial charge is 0.408 e. The Hall–Kier alpha value is -2.81. The van der Waals surface area contributed by atoms with Crippen molar-refractivity contribution in [2.45, 2.75) is 110 Å². The molecule has 9 nitrogen and oxygen atoms in total. The van der Waals surface area contributed by atoms with E-state index >= 15 is 0 Å². The summed E-state index contributed by atoms with van der Waals surface area (Å²) in [5.74, 6) is -1.15. The Labute approximate surface area is 228 Å². The van der Waals surface area contributed by atoms with Crippen molar-refractivity contribution in [3.8, 4) is 5.75 Å². The quantitative estimate of drug-likeness (QED) is 0.212. The van der Waals surface area contributed by atoms with Crippen LogP contribution in [0.25, 0.3) is 0 Å². The van der Waals surface area contributed by atoms with Crippen molar-refractivity contribution in [2.75, 3.05) is 19.7 Å². The van der Waals surface area contributed by atoms with Crippen LogP contribution in [0.2, 0.25) is 0 Å². The van der Waals surface area contributed by atoms with Gasteiger partial charge in [0, 0.05) is 18.7 Å². The third-order valence-electron chi connectivity index (χ3n) is 6.08. The number of aliphatic hydroxyl groups is 1. The Morgan fingerprint density at radius 2 is 1.55 bits per heavy atom. The van der Waals surface area contributed by atoms with Gasteiger partial charge in [0.25, 0.3) is 0 Å². The van der Waals surface area contributed by atoms with Crippen LogP contribution in [0.4, 0.5) is 4.79 Å². The van der Waals surface area contributed by atoms with E-state index < -0.39 is 42.2 Å². The van der Waals surface area contributed by atoms with Gasteiger partial charge in [0.2, 0.25) is 11.8 Å². The fraction of sp³-hybridized carbons (Fsp3) is 0.690. The minimum absolute atomic E-state index is 0.109. The SMILES string of the molecule is CCCCCCCCN(C(=O)C(CO)NC(=O)OC(C)(C)C)C(C(=O)NCCCCC)c1ccccc1O. The van der Waals surface area contributed by atoms with Crippen molar-refractivity contribution in [3.63, 3.8) is 0 Å². The Bertz CT molecular complexity index is 855. The number of aromatic hydroxyl groups is 1. The maximum Gasteiger partial charge on any atom is 0.408 e. The minimum atomic E-state index is -1.31. The molecular formula is C29H49N3O6. The first-order chi connectivity index (χ1) is 18.1. The number of hydrogen-bond acceptors (Lipinski definition) is 6. The fourth-order valence-electron chi connectivity index (χ4n) is 4.12. The van der Waals surface area contributed by atoms with Crippen LogP contribution < -0.4 is 10.6 Å². The first-order valence-corrected chi connectivity index (χ1v) is 14.0. The highest BCUT2D eigenvalue weighted by Gasteiger charge is 2.36. The lowest BCUT2D eigenvalue weighted by Gasteiger charge is -2.34. The van der Waals surface area contributed by atoms with Crippen LogP contribution in [0.15, 0.2) is 24.3 Å². The van der Waals surface area contributed by atoms with E-state index in [1.54, 1.807) is 39.0 Å². The van der Waals surface area contributed by atoms with Gasteiger partial charge in [-0.1, -0.05) is 77.0 Å². The summed E-state index contributed by atoms with van der Waals surface area (Å²) >= 11 is 0. The molecule has 0 aromatic heterocycles. The number of amides is 3. The van der Waals surface area contributed by atoms with Gasteiger partial charge in [0.05, 0.1) is 6.61 Å². The molecular weight excluding hydrogens is 486 g/mol. The molecule has 0 bridgehead atoms. The number of para-hydroxylation sites is 1. The number of nitrogens with one attached hydrogen (secondary N) is 2. The number of carbonyl (C=O) groups excluding carboxylic acids is 3. The molecule has 0 saturated carbocycles. The van der Waals surface area contributed by atoms with Gasteiger partial charge >= 0.3 is 6.09 Å². The van der Waals surface area contributed by atoms with Gasteiger partial charge in [0.1, 0.15) is 23.4 Å². The van der Waals surface area contributed by atoms with E-state index in [4.69, 9.17) is 4.74 Å². The van der Waals surface area contributed by atoms with Gasteiger partial charge in [-0.25, -0.2) is 4.79 Å². The van der Waals surface area contributed by atoms with E-state index in [0.717, 1.165) is 51.4 Å². The maximum absolute atomic E-state index is 13.8. The van der Waals surface area contributed by atoms with Crippen LogP contribution in [0.3, 0.4) is 0 Å². The maximum atomic E-state index is 13.8. The van der Waals surface area contributed by atoms with Gasteiger partial charge in [0.15, 0.2) is 0 Å². The van der Waals surface area contributed by atoms with E-state index in [2.05, 4.69) is 24.5 Å². The third kappa shape index (κ3) is 12.2. The summed E-state index contributed by atoms with van der Waals surface area (Å²) in [6.45, 7) is 9.30. The molecule has 4 N–H and O–H groups in total. The summed E-state index contributed by atoms with van der Waals surface area (Å²) in [5, 5.41) is 26.0. The van der Waals surface area contributed by atoms with Gasteiger partial charge in [-0.05, 0) is 39.7 Å². The van der Waals surface area contributed by atoms with Crippen LogP contribution in [0.5, 0.6) is 5.75 Å². The molecule has 0 fully saturated rings. The predicted molar refractivity (Wildman–Crippen MR) is 149 cm³/mol. The second-order valence-electron chi connectivity index (χ2n) is 10.6. The van der Waals surface area contributed by atoms with E-state index in [-0.39, 0.29) is 17.9 Å². The predicted octanol–water partition coefficient (Wildman–Crippen LogP) is 4.81. The standard InChI is InChI=1S/C29H49N3O6/c1-6-8-10-11-12-16-20-32(27(36)23(21-33)31-28(37)38-29(3,4)5)25(22-17-13-14-18-24(22)34)26(35)30-19-15-9-7-2/h13-14,17-18,23,25,33-34H,6-12,15-16,19-21H2,1-5H3,(H,30,35)(H,31,37). The normalized spacial score (nSPS) is 12.9.